The molecule has 3 amide bonds. The van der Waals surface area contributed by atoms with E-state index in [9.17, 15) is 9.59 Å². The van der Waals surface area contributed by atoms with Crippen molar-refractivity contribution in [3.05, 3.63) is 29.8 Å². The summed E-state index contributed by atoms with van der Waals surface area (Å²) in [5, 5.41) is 2.74. The van der Waals surface area contributed by atoms with E-state index in [2.05, 4.69) is 5.32 Å². The van der Waals surface area contributed by atoms with Crippen molar-refractivity contribution in [1.29, 1.82) is 0 Å². The number of carbonyl (C=O) groups is 2. The third-order valence-corrected chi connectivity index (χ3v) is 3.13. The zero-order valence-corrected chi connectivity index (χ0v) is 11.0. The van der Waals surface area contributed by atoms with Crippen LogP contribution in [0.1, 0.15) is 5.56 Å². The minimum absolute atomic E-state index is 0.131. The number of hydrogen-bond acceptors (Lipinski definition) is 4. The molecule has 1 aliphatic rings. The number of nitrogens with one attached hydrogen (secondary N) is 1. The number of benzene rings is 1. The van der Waals surface area contributed by atoms with Crippen LogP contribution < -0.4 is 16.8 Å². The van der Waals surface area contributed by atoms with Crippen LogP contribution in [0.4, 0.5) is 10.5 Å². The minimum Gasteiger partial charge on any atom is -0.377 e. The number of urea groups is 1. The normalized spacial score (nSPS) is 18.6. The summed E-state index contributed by atoms with van der Waals surface area (Å²) >= 11 is 0. The molecular formula is C13H18N4O3. The Morgan fingerprint density at radius 3 is 2.95 bits per heavy atom. The average molecular weight is 278 g/mol. The Balaban J connectivity index is 2.07. The summed E-state index contributed by atoms with van der Waals surface area (Å²) in [7, 11) is 0. The lowest BCUT2D eigenvalue weighted by molar-refractivity contribution is -0.126. The number of carbonyl (C=O) groups excluding carboxylic acids is 2. The standard InChI is InChI=1S/C13H18N4O3/c14-7-9-2-1-3-10(6-9)16-13(19)17-4-5-20-8-11(17)12(15)18/h1-3,6,11H,4-5,7-8,14H2,(H2,15,18)(H,16,19). The maximum atomic E-state index is 12.2. The van der Waals surface area contributed by atoms with E-state index in [1.165, 1.54) is 4.90 Å². The number of ether oxygens (including phenoxy) is 1. The van der Waals surface area contributed by atoms with Crippen molar-refractivity contribution in [1.82, 2.24) is 4.90 Å². The van der Waals surface area contributed by atoms with Gasteiger partial charge in [0.1, 0.15) is 6.04 Å². The molecule has 1 atom stereocenters. The molecule has 1 fully saturated rings. The molecule has 1 aromatic rings. The second-order valence-corrected chi connectivity index (χ2v) is 4.52. The van der Waals surface area contributed by atoms with Crippen LogP contribution in [0.5, 0.6) is 0 Å². The molecule has 5 N–H and O–H groups in total. The summed E-state index contributed by atoms with van der Waals surface area (Å²) in [6, 6.07) is 6.13. The molecule has 0 aliphatic carbocycles. The fourth-order valence-electron chi connectivity index (χ4n) is 2.05. The number of hydrogen-bond donors (Lipinski definition) is 3. The number of morpholine rings is 1. The Hall–Kier alpha value is -2.12. The number of nitrogens with two attached hydrogens (primary N) is 2. The Morgan fingerprint density at radius 2 is 2.25 bits per heavy atom. The highest BCUT2D eigenvalue weighted by molar-refractivity contribution is 5.93. The van der Waals surface area contributed by atoms with Crippen molar-refractivity contribution in [3.63, 3.8) is 0 Å². The largest absolute Gasteiger partial charge is 0.377 e. The van der Waals surface area contributed by atoms with Crippen molar-refractivity contribution in [2.75, 3.05) is 25.1 Å². The Labute approximate surface area is 116 Å². The summed E-state index contributed by atoms with van der Waals surface area (Å²) < 4.78 is 5.17. The topological polar surface area (TPSA) is 111 Å². The molecule has 0 aromatic heterocycles. The molecule has 1 aromatic carbocycles. The third-order valence-electron chi connectivity index (χ3n) is 3.13. The fraction of sp³-hybridized carbons (Fsp3) is 0.385. The van der Waals surface area contributed by atoms with Gasteiger partial charge in [0.15, 0.2) is 0 Å². The van der Waals surface area contributed by atoms with Gasteiger partial charge in [0.25, 0.3) is 0 Å². The van der Waals surface area contributed by atoms with Crippen LogP contribution in [0.2, 0.25) is 0 Å². The van der Waals surface area contributed by atoms with Crippen molar-refractivity contribution < 1.29 is 14.3 Å². The van der Waals surface area contributed by atoms with Crippen LogP contribution in [0, 0.1) is 0 Å². The van der Waals surface area contributed by atoms with Crippen molar-refractivity contribution in [2.24, 2.45) is 11.5 Å². The summed E-state index contributed by atoms with van der Waals surface area (Å²) in [6.07, 6.45) is 0. The Morgan fingerprint density at radius 1 is 1.45 bits per heavy atom. The lowest BCUT2D eigenvalue weighted by atomic mass is 10.2. The van der Waals surface area contributed by atoms with Gasteiger partial charge in [0, 0.05) is 18.8 Å². The second kappa shape index (κ2) is 6.36. The highest BCUT2D eigenvalue weighted by Gasteiger charge is 2.31. The zero-order valence-electron chi connectivity index (χ0n) is 11.0. The van der Waals surface area contributed by atoms with Gasteiger partial charge in [-0.3, -0.25) is 4.79 Å². The van der Waals surface area contributed by atoms with Gasteiger partial charge in [-0.15, -0.1) is 0 Å². The molecule has 0 bridgehead atoms. The fourth-order valence-corrected chi connectivity index (χ4v) is 2.05. The molecular weight excluding hydrogens is 260 g/mol. The summed E-state index contributed by atoms with van der Waals surface area (Å²) in [6.45, 7) is 1.24. The van der Waals surface area contributed by atoms with Crippen LogP contribution in [0.15, 0.2) is 24.3 Å². The van der Waals surface area contributed by atoms with Gasteiger partial charge in [-0.2, -0.15) is 0 Å². The molecule has 7 nitrogen and oxygen atoms in total. The van der Waals surface area contributed by atoms with E-state index >= 15 is 0 Å². The van der Waals surface area contributed by atoms with E-state index in [0.717, 1.165) is 5.56 Å². The van der Waals surface area contributed by atoms with Gasteiger partial charge in [-0.1, -0.05) is 12.1 Å². The number of anilines is 1. The Kier molecular flexibility index (Phi) is 4.54. The molecule has 1 heterocycles. The minimum atomic E-state index is -0.735. The van der Waals surface area contributed by atoms with E-state index in [1.54, 1.807) is 12.1 Å². The predicted octanol–water partition coefficient (Wildman–Crippen LogP) is -0.137. The highest BCUT2D eigenvalue weighted by Crippen LogP contribution is 2.13. The maximum Gasteiger partial charge on any atom is 0.322 e. The van der Waals surface area contributed by atoms with Crippen LogP contribution in [-0.4, -0.2) is 42.6 Å². The molecule has 0 spiro atoms. The monoisotopic (exact) mass is 278 g/mol. The molecule has 0 saturated carbocycles. The van der Waals surface area contributed by atoms with Gasteiger partial charge in [0.2, 0.25) is 5.91 Å². The highest BCUT2D eigenvalue weighted by atomic mass is 16.5. The Bertz CT molecular complexity index is 506. The molecule has 1 unspecified atom stereocenters. The molecule has 7 heteroatoms. The van der Waals surface area contributed by atoms with Crippen LogP contribution in [0.3, 0.4) is 0 Å². The van der Waals surface area contributed by atoms with Crippen LogP contribution >= 0.6 is 0 Å². The number of rotatable bonds is 3. The maximum absolute atomic E-state index is 12.2. The van der Waals surface area contributed by atoms with Gasteiger partial charge in [0.05, 0.1) is 13.2 Å². The van der Waals surface area contributed by atoms with Crippen molar-refractivity contribution in [2.45, 2.75) is 12.6 Å². The average Bonchev–Trinajstić information content (AvgIpc) is 2.47. The van der Waals surface area contributed by atoms with Gasteiger partial charge in [-0.25, -0.2) is 4.79 Å². The van der Waals surface area contributed by atoms with Gasteiger partial charge < -0.3 is 26.4 Å². The smallest absolute Gasteiger partial charge is 0.322 e. The van der Waals surface area contributed by atoms with E-state index in [-0.39, 0.29) is 12.6 Å². The number of primary amides is 1. The third kappa shape index (κ3) is 3.25. The summed E-state index contributed by atoms with van der Waals surface area (Å²) in [5.41, 5.74) is 12.4. The zero-order chi connectivity index (χ0) is 14.5. The van der Waals surface area contributed by atoms with Gasteiger partial charge >= 0.3 is 6.03 Å². The number of nitrogens with zero attached hydrogens (tertiary/aromatic N) is 1. The quantitative estimate of drug-likeness (QED) is 0.714. The van der Waals surface area contributed by atoms with E-state index in [1.807, 2.05) is 12.1 Å². The van der Waals surface area contributed by atoms with E-state index in [4.69, 9.17) is 16.2 Å². The lowest BCUT2D eigenvalue weighted by Gasteiger charge is -2.33. The van der Waals surface area contributed by atoms with Crippen molar-refractivity contribution >= 4 is 17.6 Å². The van der Waals surface area contributed by atoms with Crippen LogP contribution in [0.25, 0.3) is 0 Å². The van der Waals surface area contributed by atoms with E-state index < -0.39 is 11.9 Å². The molecule has 0 radical (unpaired) electrons. The van der Waals surface area contributed by atoms with Gasteiger partial charge in [-0.05, 0) is 17.7 Å². The molecule has 20 heavy (non-hydrogen) atoms. The number of amides is 3. The van der Waals surface area contributed by atoms with Crippen molar-refractivity contribution in [3.8, 4) is 0 Å². The first-order valence-corrected chi connectivity index (χ1v) is 6.35. The van der Waals surface area contributed by atoms with E-state index in [0.29, 0.717) is 25.4 Å². The summed E-state index contributed by atoms with van der Waals surface area (Å²) in [4.78, 5) is 24.9. The first-order valence-electron chi connectivity index (χ1n) is 6.35. The van der Waals surface area contributed by atoms with Crippen LogP contribution in [-0.2, 0) is 16.1 Å². The molecule has 2 rings (SSSR count). The second-order valence-electron chi connectivity index (χ2n) is 4.52. The first kappa shape index (κ1) is 14.3. The lowest BCUT2D eigenvalue weighted by Crippen LogP contribution is -2.55. The first-order chi connectivity index (χ1) is 9.61. The predicted molar refractivity (Wildman–Crippen MR) is 73.9 cm³/mol. The summed E-state index contributed by atoms with van der Waals surface area (Å²) in [5.74, 6) is -0.574. The molecule has 1 aliphatic heterocycles. The molecule has 1 saturated heterocycles. The SMILES string of the molecule is NCc1cccc(NC(=O)N2CCOCC2C(N)=O)c1. The molecule has 108 valence electrons.